The van der Waals surface area contributed by atoms with Crippen LogP contribution < -0.4 is 5.46 Å². The van der Waals surface area contributed by atoms with Crippen LogP contribution in [0.15, 0.2) is 12.1 Å². The third-order valence-corrected chi connectivity index (χ3v) is 5.82. The highest BCUT2D eigenvalue weighted by Gasteiger charge is 2.52. The molecule has 0 aromatic heterocycles. The quantitative estimate of drug-likeness (QED) is 0.678. The number of halogens is 1. The van der Waals surface area contributed by atoms with Gasteiger partial charge in [0.15, 0.2) is 0 Å². The Morgan fingerprint density at radius 1 is 1.15 bits per heavy atom. The highest BCUT2D eigenvalue weighted by Crippen LogP contribution is 2.37. The summed E-state index contributed by atoms with van der Waals surface area (Å²) in [5.41, 5.74) is 1.73. The van der Waals surface area contributed by atoms with E-state index in [9.17, 15) is 4.79 Å². The van der Waals surface area contributed by atoms with E-state index in [1.807, 2.05) is 54.5 Å². The lowest BCUT2D eigenvalue weighted by Crippen LogP contribution is -2.41. The van der Waals surface area contributed by atoms with Crippen LogP contribution in [0.2, 0.25) is 5.02 Å². The molecule has 0 atom stereocenters. The number of rotatable bonds is 1. The summed E-state index contributed by atoms with van der Waals surface area (Å²) in [5.74, 6) is 0. The number of nitrogens with zero attached hydrogens (tertiary/aromatic N) is 1. The molecule has 1 amide bonds. The minimum Gasteiger partial charge on any atom is -0.444 e. The molecule has 27 heavy (non-hydrogen) atoms. The smallest absolute Gasteiger partial charge is 0.444 e. The van der Waals surface area contributed by atoms with E-state index in [0.717, 1.165) is 17.4 Å². The van der Waals surface area contributed by atoms with Crippen molar-refractivity contribution in [3.05, 3.63) is 28.3 Å². The number of amides is 1. The minimum absolute atomic E-state index is 0.292. The molecular weight excluding hydrogens is 364 g/mol. The van der Waals surface area contributed by atoms with Crippen LogP contribution >= 0.6 is 11.6 Å². The fourth-order valence-corrected chi connectivity index (χ4v) is 3.51. The fraction of sp³-hybridized carbons (Fsp3) is 0.650. The Hall–Kier alpha value is -1.24. The van der Waals surface area contributed by atoms with Crippen molar-refractivity contribution in [2.75, 3.05) is 6.54 Å². The van der Waals surface area contributed by atoms with E-state index < -0.39 is 23.9 Å². The Bertz CT molecular complexity index is 741. The molecule has 0 bridgehead atoms. The van der Waals surface area contributed by atoms with Gasteiger partial charge in [-0.3, -0.25) is 0 Å². The Kier molecular flexibility index (Phi) is 5.07. The molecule has 0 saturated carbocycles. The summed E-state index contributed by atoms with van der Waals surface area (Å²) >= 11 is 6.57. The van der Waals surface area contributed by atoms with Crippen LogP contribution in [0.5, 0.6) is 0 Å². The molecule has 1 saturated heterocycles. The number of hydrogen-bond donors (Lipinski definition) is 0. The van der Waals surface area contributed by atoms with E-state index in [-0.39, 0.29) is 6.09 Å². The fourth-order valence-electron chi connectivity index (χ4n) is 3.23. The van der Waals surface area contributed by atoms with Gasteiger partial charge in [-0.1, -0.05) is 17.7 Å². The van der Waals surface area contributed by atoms with Gasteiger partial charge in [-0.15, -0.1) is 0 Å². The van der Waals surface area contributed by atoms with Gasteiger partial charge in [0.1, 0.15) is 5.60 Å². The molecule has 7 heteroatoms. The average molecular weight is 394 g/mol. The number of hydrogen-bond acceptors (Lipinski definition) is 4. The molecule has 148 valence electrons. The first-order valence-electron chi connectivity index (χ1n) is 9.44. The van der Waals surface area contributed by atoms with Gasteiger partial charge in [0.2, 0.25) is 0 Å². The summed E-state index contributed by atoms with van der Waals surface area (Å²) in [6, 6.07) is 3.99. The molecule has 1 fully saturated rings. The van der Waals surface area contributed by atoms with Crippen molar-refractivity contribution in [1.29, 1.82) is 0 Å². The van der Waals surface area contributed by atoms with Crippen LogP contribution in [0.1, 0.15) is 59.6 Å². The van der Waals surface area contributed by atoms with Gasteiger partial charge >= 0.3 is 13.2 Å². The van der Waals surface area contributed by atoms with Crippen LogP contribution in [0.25, 0.3) is 0 Å². The lowest BCUT2D eigenvalue weighted by Gasteiger charge is -2.32. The molecule has 2 aliphatic rings. The lowest BCUT2D eigenvalue weighted by atomic mass is 9.77. The van der Waals surface area contributed by atoms with Crippen LogP contribution in [0.3, 0.4) is 0 Å². The van der Waals surface area contributed by atoms with Gasteiger partial charge in [0.25, 0.3) is 0 Å². The highest BCUT2D eigenvalue weighted by molar-refractivity contribution is 6.65. The topological polar surface area (TPSA) is 48.0 Å². The van der Waals surface area contributed by atoms with Gasteiger partial charge < -0.3 is 18.9 Å². The maximum atomic E-state index is 12.4. The van der Waals surface area contributed by atoms with E-state index in [1.165, 1.54) is 5.56 Å². The zero-order valence-electron chi connectivity index (χ0n) is 17.3. The van der Waals surface area contributed by atoms with Crippen molar-refractivity contribution in [3.8, 4) is 0 Å². The van der Waals surface area contributed by atoms with Gasteiger partial charge in [-0.25, -0.2) is 4.79 Å². The first-order chi connectivity index (χ1) is 12.3. The molecule has 1 aromatic carbocycles. The Balaban J connectivity index is 1.80. The van der Waals surface area contributed by atoms with Gasteiger partial charge in [0, 0.05) is 23.6 Å². The normalized spacial score (nSPS) is 21.2. The van der Waals surface area contributed by atoms with Crippen LogP contribution in [0, 0.1) is 0 Å². The summed E-state index contributed by atoms with van der Waals surface area (Å²) < 4.78 is 17.8. The highest BCUT2D eigenvalue weighted by atomic mass is 35.5. The standard InChI is InChI=1S/C20H29BClNO4/c1-18(2,3)25-17(24)23-9-8-13-10-15(16(22)11-14(13)12-23)21-26-19(4,5)20(6,7)27-21/h10-11H,8-9,12H2,1-7H3. The zero-order chi connectivity index (χ0) is 20.2. The molecule has 0 aliphatic carbocycles. The van der Waals surface area contributed by atoms with Crippen molar-refractivity contribution in [2.45, 2.75) is 78.2 Å². The molecule has 0 unspecified atom stereocenters. The molecular formula is C20H29BClNO4. The van der Waals surface area contributed by atoms with Crippen LogP contribution in [0.4, 0.5) is 4.79 Å². The van der Waals surface area contributed by atoms with E-state index in [4.69, 9.17) is 25.6 Å². The molecule has 0 spiro atoms. The Morgan fingerprint density at radius 3 is 2.30 bits per heavy atom. The third kappa shape index (κ3) is 4.13. The summed E-state index contributed by atoms with van der Waals surface area (Å²) in [7, 11) is -0.489. The van der Waals surface area contributed by atoms with Crippen molar-refractivity contribution >= 4 is 30.3 Å². The van der Waals surface area contributed by atoms with Crippen molar-refractivity contribution < 1.29 is 18.8 Å². The Morgan fingerprint density at radius 2 is 1.74 bits per heavy atom. The van der Waals surface area contributed by atoms with E-state index in [2.05, 4.69) is 6.07 Å². The predicted molar refractivity (Wildman–Crippen MR) is 108 cm³/mol. The minimum atomic E-state index is -0.504. The Labute approximate surface area is 167 Å². The summed E-state index contributed by atoms with van der Waals surface area (Å²) in [5, 5.41) is 0.596. The number of carbonyl (C=O) groups is 1. The van der Waals surface area contributed by atoms with Crippen molar-refractivity contribution in [3.63, 3.8) is 0 Å². The summed E-state index contributed by atoms with van der Waals surface area (Å²) in [4.78, 5) is 14.1. The van der Waals surface area contributed by atoms with Crippen molar-refractivity contribution in [1.82, 2.24) is 4.90 Å². The first kappa shape index (κ1) is 20.5. The molecule has 1 aromatic rings. The largest absolute Gasteiger partial charge is 0.496 e. The number of fused-ring (bicyclic) bond motifs is 1. The van der Waals surface area contributed by atoms with Crippen LogP contribution in [-0.4, -0.2) is 41.5 Å². The zero-order valence-corrected chi connectivity index (χ0v) is 18.1. The molecule has 3 rings (SSSR count). The average Bonchev–Trinajstić information content (AvgIpc) is 2.72. The molecule has 5 nitrogen and oxygen atoms in total. The molecule has 2 heterocycles. The maximum absolute atomic E-state index is 12.4. The second kappa shape index (κ2) is 6.68. The number of carbonyl (C=O) groups excluding carboxylic acids is 1. The van der Waals surface area contributed by atoms with Gasteiger partial charge in [-0.05, 0) is 72.1 Å². The van der Waals surface area contributed by atoms with E-state index in [1.54, 1.807) is 4.90 Å². The van der Waals surface area contributed by atoms with E-state index >= 15 is 0 Å². The van der Waals surface area contributed by atoms with Gasteiger partial charge in [-0.2, -0.15) is 0 Å². The van der Waals surface area contributed by atoms with Gasteiger partial charge in [0.05, 0.1) is 11.2 Å². The van der Waals surface area contributed by atoms with Crippen LogP contribution in [-0.2, 0) is 27.0 Å². The number of benzene rings is 1. The molecule has 0 N–H and O–H groups in total. The third-order valence-electron chi connectivity index (χ3n) is 5.49. The first-order valence-corrected chi connectivity index (χ1v) is 9.82. The lowest BCUT2D eigenvalue weighted by molar-refractivity contribution is 0.00578. The molecule has 2 aliphatic heterocycles. The summed E-state index contributed by atoms with van der Waals surface area (Å²) in [6.45, 7) is 14.8. The summed E-state index contributed by atoms with van der Waals surface area (Å²) in [6.07, 6.45) is 0.456. The number of ether oxygens (including phenoxy) is 1. The van der Waals surface area contributed by atoms with E-state index in [0.29, 0.717) is 18.1 Å². The second-order valence-electron chi connectivity index (χ2n) is 9.38. The van der Waals surface area contributed by atoms with Crippen molar-refractivity contribution in [2.24, 2.45) is 0 Å². The monoisotopic (exact) mass is 393 g/mol. The molecule has 0 radical (unpaired) electrons. The SMILES string of the molecule is CC(C)(C)OC(=O)N1CCc2cc(B3OC(C)(C)C(C)(C)O3)c(Cl)cc2C1. The predicted octanol–water partition coefficient (Wildman–Crippen LogP) is 3.93. The second-order valence-corrected chi connectivity index (χ2v) is 9.79. The maximum Gasteiger partial charge on any atom is 0.496 e.